The van der Waals surface area contributed by atoms with E-state index in [0.717, 1.165) is 29.8 Å². The Labute approximate surface area is 91.9 Å². The number of hydrogen-bond donors (Lipinski definition) is 0. The van der Waals surface area contributed by atoms with E-state index in [1.54, 1.807) is 0 Å². The van der Waals surface area contributed by atoms with Crippen molar-refractivity contribution in [2.45, 2.75) is 27.7 Å². The van der Waals surface area contributed by atoms with Crippen LogP contribution in [-0.2, 0) is 0 Å². The average Bonchev–Trinajstić information content (AvgIpc) is 2.19. The molecule has 0 aliphatic rings. The molecule has 0 aliphatic heterocycles. The van der Waals surface area contributed by atoms with E-state index in [1.807, 2.05) is 50.8 Å². The summed E-state index contributed by atoms with van der Waals surface area (Å²) in [5.74, 6) is 0.149. The van der Waals surface area contributed by atoms with Gasteiger partial charge in [0.25, 0.3) is 5.91 Å². The smallest absolute Gasteiger partial charge is 0.254 e. The van der Waals surface area contributed by atoms with E-state index in [1.165, 1.54) is 0 Å². The topological polar surface area (TPSA) is 20.3 Å². The molecular weight excluding hydrogens is 186 g/mol. The van der Waals surface area contributed by atoms with Crippen molar-refractivity contribution in [3.05, 3.63) is 34.9 Å². The van der Waals surface area contributed by atoms with Crippen LogP contribution in [0.25, 0.3) is 0 Å². The molecule has 0 radical (unpaired) electrons. The third kappa shape index (κ3) is 2.38. The van der Waals surface area contributed by atoms with Gasteiger partial charge in [-0.15, -0.1) is 0 Å². The Morgan fingerprint density at radius 2 is 1.60 bits per heavy atom. The minimum absolute atomic E-state index is 0.149. The second-order valence-corrected chi connectivity index (χ2v) is 3.74. The fourth-order valence-corrected chi connectivity index (χ4v) is 1.82. The Hall–Kier alpha value is -1.31. The molecule has 1 amide bonds. The Kier molecular flexibility index (Phi) is 3.89. The summed E-state index contributed by atoms with van der Waals surface area (Å²) in [7, 11) is 0. The summed E-state index contributed by atoms with van der Waals surface area (Å²) < 4.78 is 0. The van der Waals surface area contributed by atoms with Crippen molar-refractivity contribution in [3.8, 4) is 0 Å². The molecule has 1 aromatic rings. The molecule has 1 aromatic carbocycles. The van der Waals surface area contributed by atoms with Crippen molar-refractivity contribution in [1.82, 2.24) is 4.90 Å². The van der Waals surface area contributed by atoms with Gasteiger partial charge in [-0.2, -0.15) is 0 Å². The van der Waals surface area contributed by atoms with Gasteiger partial charge in [0.1, 0.15) is 0 Å². The normalized spacial score (nSPS) is 10.1. The number of carbonyl (C=O) groups excluding carboxylic acids is 1. The molecule has 2 heteroatoms. The van der Waals surface area contributed by atoms with Gasteiger partial charge in [0.05, 0.1) is 0 Å². The lowest BCUT2D eigenvalue weighted by Crippen LogP contribution is -2.31. The van der Waals surface area contributed by atoms with E-state index in [4.69, 9.17) is 0 Å². The second kappa shape index (κ2) is 4.96. The molecule has 0 bridgehead atoms. The number of nitrogens with zero attached hydrogens (tertiary/aromatic N) is 1. The fraction of sp³-hybridized carbons (Fsp3) is 0.462. The van der Waals surface area contributed by atoms with Crippen molar-refractivity contribution in [2.75, 3.05) is 13.1 Å². The highest BCUT2D eigenvalue weighted by Crippen LogP contribution is 2.15. The average molecular weight is 205 g/mol. The van der Waals surface area contributed by atoms with Crippen molar-refractivity contribution >= 4 is 5.91 Å². The lowest BCUT2D eigenvalue weighted by molar-refractivity contribution is 0.0771. The Balaban J connectivity index is 3.10. The van der Waals surface area contributed by atoms with Crippen LogP contribution in [0.4, 0.5) is 0 Å². The van der Waals surface area contributed by atoms with Crippen LogP contribution in [0.15, 0.2) is 18.2 Å². The largest absolute Gasteiger partial charge is 0.339 e. The lowest BCUT2D eigenvalue weighted by atomic mass is 10.0. The number of carbonyl (C=O) groups is 1. The van der Waals surface area contributed by atoms with Crippen LogP contribution in [0.1, 0.15) is 35.3 Å². The molecule has 82 valence electrons. The van der Waals surface area contributed by atoms with Crippen LogP contribution in [0.2, 0.25) is 0 Å². The van der Waals surface area contributed by atoms with Gasteiger partial charge in [-0.3, -0.25) is 4.79 Å². The van der Waals surface area contributed by atoms with Crippen molar-refractivity contribution < 1.29 is 4.79 Å². The number of hydrogen-bond acceptors (Lipinski definition) is 1. The van der Waals surface area contributed by atoms with Crippen molar-refractivity contribution in [1.29, 1.82) is 0 Å². The second-order valence-electron chi connectivity index (χ2n) is 3.74. The van der Waals surface area contributed by atoms with E-state index < -0.39 is 0 Å². The Bertz CT molecular complexity index is 333. The van der Waals surface area contributed by atoms with Crippen molar-refractivity contribution in [3.63, 3.8) is 0 Å². The summed E-state index contributed by atoms with van der Waals surface area (Å²) in [6, 6.07) is 5.97. The zero-order chi connectivity index (χ0) is 11.4. The van der Waals surface area contributed by atoms with Crippen molar-refractivity contribution in [2.24, 2.45) is 0 Å². The highest BCUT2D eigenvalue weighted by atomic mass is 16.2. The Morgan fingerprint density at radius 1 is 1.13 bits per heavy atom. The van der Waals surface area contributed by atoms with Crippen LogP contribution >= 0.6 is 0 Å². The Morgan fingerprint density at radius 3 is 2.00 bits per heavy atom. The van der Waals surface area contributed by atoms with E-state index in [0.29, 0.717) is 0 Å². The van der Waals surface area contributed by atoms with E-state index in [9.17, 15) is 4.79 Å². The summed E-state index contributed by atoms with van der Waals surface area (Å²) in [4.78, 5) is 14.0. The first kappa shape index (κ1) is 11.8. The molecule has 0 aliphatic carbocycles. The lowest BCUT2D eigenvalue weighted by Gasteiger charge is -2.20. The van der Waals surface area contributed by atoms with Gasteiger partial charge in [-0.05, 0) is 38.8 Å². The molecule has 0 saturated carbocycles. The third-order valence-corrected chi connectivity index (χ3v) is 2.75. The summed E-state index contributed by atoms with van der Waals surface area (Å²) in [6.45, 7) is 9.53. The molecule has 0 N–H and O–H groups in total. The summed E-state index contributed by atoms with van der Waals surface area (Å²) >= 11 is 0. The third-order valence-electron chi connectivity index (χ3n) is 2.75. The molecule has 2 nitrogen and oxygen atoms in total. The maximum Gasteiger partial charge on any atom is 0.254 e. The molecular formula is C13H19NO. The first-order valence-corrected chi connectivity index (χ1v) is 5.47. The monoisotopic (exact) mass is 205 g/mol. The molecule has 0 saturated heterocycles. The summed E-state index contributed by atoms with van der Waals surface area (Å²) in [5, 5.41) is 0. The van der Waals surface area contributed by atoms with Gasteiger partial charge in [-0.1, -0.05) is 18.2 Å². The number of aryl methyl sites for hydroxylation is 2. The highest BCUT2D eigenvalue weighted by Gasteiger charge is 2.16. The summed E-state index contributed by atoms with van der Waals surface area (Å²) in [6.07, 6.45) is 0. The van der Waals surface area contributed by atoms with Crippen LogP contribution in [-0.4, -0.2) is 23.9 Å². The minimum atomic E-state index is 0.149. The first-order valence-electron chi connectivity index (χ1n) is 5.47. The number of benzene rings is 1. The van der Waals surface area contributed by atoms with Gasteiger partial charge < -0.3 is 4.90 Å². The van der Waals surface area contributed by atoms with Gasteiger partial charge in [0.15, 0.2) is 0 Å². The molecule has 15 heavy (non-hydrogen) atoms. The maximum atomic E-state index is 12.2. The van der Waals surface area contributed by atoms with Gasteiger partial charge >= 0.3 is 0 Å². The van der Waals surface area contributed by atoms with E-state index >= 15 is 0 Å². The highest BCUT2D eigenvalue weighted by molar-refractivity contribution is 5.97. The molecule has 0 atom stereocenters. The number of amides is 1. The van der Waals surface area contributed by atoms with E-state index in [2.05, 4.69) is 0 Å². The van der Waals surface area contributed by atoms with Crippen LogP contribution in [0, 0.1) is 13.8 Å². The molecule has 0 spiro atoms. The fourth-order valence-electron chi connectivity index (χ4n) is 1.82. The molecule has 0 aromatic heterocycles. The zero-order valence-corrected chi connectivity index (χ0v) is 10.0. The van der Waals surface area contributed by atoms with Crippen LogP contribution in [0.5, 0.6) is 0 Å². The van der Waals surface area contributed by atoms with Crippen LogP contribution < -0.4 is 0 Å². The minimum Gasteiger partial charge on any atom is -0.339 e. The predicted octanol–water partition coefficient (Wildman–Crippen LogP) is 2.79. The SMILES string of the molecule is CCN(CC)C(=O)c1c(C)cccc1C. The quantitative estimate of drug-likeness (QED) is 0.743. The van der Waals surface area contributed by atoms with Crippen LogP contribution in [0.3, 0.4) is 0 Å². The van der Waals surface area contributed by atoms with E-state index in [-0.39, 0.29) is 5.91 Å². The summed E-state index contributed by atoms with van der Waals surface area (Å²) in [5.41, 5.74) is 2.99. The zero-order valence-electron chi connectivity index (χ0n) is 10.0. The van der Waals surface area contributed by atoms with Gasteiger partial charge in [-0.25, -0.2) is 0 Å². The first-order chi connectivity index (χ1) is 7.11. The molecule has 1 rings (SSSR count). The van der Waals surface area contributed by atoms with Gasteiger partial charge in [0, 0.05) is 18.7 Å². The predicted molar refractivity (Wildman–Crippen MR) is 63.2 cm³/mol. The standard InChI is InChI=1S/C13H19NO/c1-5-14(6-2)13(15)12-10(3)8-7-9-11(12)4/h7-9H,5-6H2,1-4H3. The maximum absolute atomic E-state index is 12.2. The molecule has 0 fully saturated rings. The molecule has 0 unspecified atom stereocenters. The number of rotatable bonds is 3. The molecule has 0 heterocycles. The van der Waals surface area contributed by atoms with Gasteiger partial charge in [0.2, 0.25) is 0 Å².